The standard InChI is InChI=1S/C17H16N2OS.C10H15N.C2H6/c1-18-17-15-9-4-3-6-12(15)10-16(19-17)21-14-8-5-7-13(11-14)20-2;1-3-8-11-10-7-5-4-6-9(10)2;1-2/h3-11H,1-2H3,(H,18,19);4-7,11H,3,8H2,1-2H3;1-2H3. The lowest BCUT2D eigenvalue weighted by atomic mass is 10.1. The maximum absolute atomic E-state index is 5.26. The fourth-order valence-electron chi connectivity index (χ4n) is 3.23. The number of nitrogens with zero attached hydrogens (tertiary/aromatic N) is 1. The molecule has 0 aliphatic heterocycles. The molecular formula is C29H37N3OS. The highest BCUT2D eigenvalue weighted by molar-refractivity contribution is 7.99. The fraction of sp³-hybridized carbons (Fsp3) is 0.276. The molecule has 0 bridgehead atoms. The first-order chi connectivity index (χ1) is 16.6. The third kappa shape index (κ3) is 7.99. The summed E-state index contributed by atoms with van der Waals surface area (Å²) in [5.74, 6) is 1.76. The number of aromatic nitrogens is 1. The number of benzene rings is 3. The first-order valence-corrected chi connectivity index (χ1v) is 12.6. The van der Waals surface area contributed by atoms with Crippen LogP contribution in [0.15, 0.2) is 88.8 Å². The average Bonchev–Trinajstić information content (AvgIpc) is 2.89. The molecule has 0 amide bonds. The summed E-state index contributed by atoms with van der Waals surface area (Å²) >= 11 is 1.63. The Bertz CT molecular complexity index is 1150. The van der Waals surface area contributed by atoms with Gasteiger partial charge < -0.3 is 15.4 Å². The first-order valence-electron chi connectivity index (χ1n) is 11.8. The summed E-state index contributed by atoms with van der Waals surface area (Å²) in [7, 11) is 3.58. The molecule has 4 nitrogen and oxygen atoms in total. The zero-order valence-electron chi connectivity index (χ0n) is 21.2. The van der Waals surface area contributed by atoms with Gasteiger partial charge in [-0.3, -0.25) is 0 Å². The van der Waals surface area contributed by atoms with E-state index < -0.39 is 0 Å². The van der Waals surface area contributed by atoms with Crippen LogP contribution in [0, 0.1) is 6.92 Å². The minimum absolute atomic E-state index is 0.856. The molecule has 1 heterocycles. The highest BCUT2D eigenvalue weighted by atomic mass is 32.2. The first kappa shape index (κ1) is 27.1. The predicted molar refractivity (Wildman–Crippen MR) is 150 cm³/mol. The van der Waals surface area contributed by atoms with Crippen molar-refractivity contribution in [2.24, 2.45) is 0 Å². The number of methoxy groups -OCH3 is 1. The number of ether oxygens (including phenoxy) is 1. The molecule has 4 aromatic rings. The molecule has 0 radical (unpaired) electrons. The molecule has 3 aromatic carbocycles. The molecule has 0 unspecified atom stereocenters. The molecule has 1 aromatic heterocycles. The maximum atomic E-state index is 5.26. The van der Waals surface area contributed by atoms with Gasteiger partial charge in [0.05, 0.1) is 7.11 Å². The lowest BCUT2D eigenvalue weighted by Gasteiger charge is -2.09. The summed E-state index contributed by atoms with van der Waals surface area (Å²) in [5.41, 5.74) is 2.58. The van der Waals surface area contributed by atoms with E-state index in [1.165, 1.54) is 23.1 Å². The van der Waals surface area contributed by atoms with Crippen LogP contribution in [0.2, 0.25) is 0 Å². The zero-order chi connectivity index (χ0) is 24.8. The maximum Gasteiger partial charge on any atom is 0.134 e. The van der Waals surface area contributed by atoms with Gasteiger partial charge in [0.2, 0.25) is 0 Å². The lowest BCUT2D eigenvalue weighted by Crippen LogP contribution is -2.00. The molecule has 2 N–H and O–H groups in total. The van der Waals surface area contributed by atoms with Crippen LogP contribution in [-0.2, 0) is 0 Å². The topological polar surface area (TPSA) is 46.2 Å². The Morgan fingerprint density at radius 2 is 1.65 bits per heavy atom. The van der Waals surface area contributed by atoms with Gasteiger partial charge in [0, 0.05) is 29.6 Å². The van der Waals surface area contributed by atoms with E-state index in [1.54, 1.807) is 18.9 Å². The monoisotopic (exact) mass is 475 g/mol. The normalized spacial score (nSPS) is 9.82. The number of anilines is 2. The minimum Gasteiger partial charge on any atom is -0.497 e. The molecule has 0 fully saturated rings. The SMILES string of the molecule is CC.CCCNc1ccccc1C.CNc1nc(Sc2cccc(OC)c2)cc2ccccc12. The van der Waals surface area contributed by atoms with E-state index >= 15 is 0 Å². The molecule has 0 saturated carbocycles. The van der Waals surface area contributed by atoms with Crippen LogP contribution in [0.4, 0.5) is 11.5 Å². The highest BCUT2D eigenvalue weighted by Gasteiger charge is 2.06. The van der Waals surface area contributed by atoms with Crippen LogP contribution < -0.4 is 15.4 Å². The molecular weight excluding hydrogens is 438 g/mol. The third-order valence-electron chi connectivity index (χ3n) is 4.93. The van der Waals surface area contributed by atoms with Crippen LogP contribution in [0.3, 0.4) is 0 Å². The van der Waals surface area contributed by atoms with Crippen LogP contribution in [-0.4, -0.2) is 25.7 Å². The second-order valence-corrected chi connectivity index (χ2v) is 8.40. The van der Waals surface area contributed by atoms with Crippen molar-refractivity contribution in [1.82, 2.24) is 4.98 Å². The van der Waals surface area contributed by atoms with Gasteiger partial charge in [-0.25, -0.2) is 4.98 Å². The molecule has 34 heavy (non-hydrogen) atoms. The van der Waals surface area contributed by atoms with E-state index in [0.29, 0.717) is 0 Å². The average molecular weight is 476 g/mol. The Morgan fingerprint density at radius 1 is 0.912 bits per heavy atom. The number of hydrogen-bond donors (Lipinski definition) is 2. The zero-order valence-corrected chi connectivity index (χ0v) is 22.0. The Labute approximate surface area is 209 Å². The summed E-state index contributed by atoms with van der Waals surface area (Å²) in [6.07, 6.45) is 1.17. The molecule has 0 aliphatic carbocycles. The Hall–Kier alpha value is -3.18. The second kappa shape index (κ2) is 14.9. The van der Waals surface area contributed by atoms with E-state index in [4.69, 9.17) is 4.74 Å². The summed E-state index contributed by atoms with van der Waals surface area (Å²) in [6.45, 7) is 9.36. The predicted octanol–water partition coefficient (Wildman–Crippen LogP) is 8.28. The number of fused-ring (bicyclic) bond motifs is 1. The molecule has 0 aliphatic rings. The molecule has 180 valence electrons. The van der Waals surface area contributed by atoms with Gasteiger partial charge in [0.25, 0.3) is 0 Å². The van der Waals surface area contributed by atoms with Gasteiger partial charge in [-0.15, -0.1) is 0 Å². The fourth-order valence-corrected chi connectivity index (χ4v) is 4.12. The van der Waals surface area contributed by atoms with Crippen molar-refractivity contribution in [2.45, 2.75) is 44.0 Å². The summed E-state index contributed by atoms with van der Waals surface area (Å²) in [5, 5.41) is 9.81. The van der Waals surface area contributed by atoms with E-state index in [1.807, 2.05) is 51.2 Å². The number of para-hydroxylation sites is 1. The second-order valence-electron chi connectivity index (χ2n) is 7.30. The Kier molecular flexibility index (Phi) is 11.8. The Balaban J connectivity index is 0.000000266. The smallest absolute Gasteiger partial charge is 0.134 e. The number of nitrogens with one attached hydrogen (secondary N) is 2. The van der Waals surface area contributed by atoms with Crippen LogP contribution >= 0.6 is 11.8 Å². The molecule has 4 rings (SSSR count). The number of hydrogen-bond acceptors (Lipinski definition) is 5. The van der Waals surface area contributed by atoms with Gasteiger partial charge in [-0.05, 0) is 54.6 Å². The van der Waals surface area contributed by atoms with Gasteiger partial charge in [-0.1, -0.05) is 81.1 Å². The van der Waals surface area contributed by atoms with Crippen molar-refractivity contribution in [3.8, 4) is 5.75 Å². The van der Waals surface area contributed by atoms with Gasteiger partial charge in [-0.2, -0.15) is 0 Å². The van der Waals surface area contributed by atoms with Crippen molar-refractivity contribution >= 4 is 34.0 Å². The van der Waals surface area contributed by atoms with E-state index in [9.17, 15) is 0 Å². The van der Waals surface area contributed by atoms with Crippen LogP contribution in [0.25, 0.3) is 10.8 Å². The summed E-state index contributed by atoms with van der Waals surface area (Å²) in [4.78, 5) is 5.79. The minimum atomic E-state index is 0.856. The third-order valence-corrected chi connectivity index (χ3v) is 5.84. The van der Waals surface area contributed by atoms with E-state index in [2.05, 4.69) is 78.0 Å². The van der Waals surface area contributed by atoms with Gasteiger partial charge in [0.15, 0.2) is 0 Å². The molecule has 0 saturated heterocycles. The number of rotatable bonds is 7. The van der Waals surface area contributed by atoms with Crippen LogP contribution in [0.1, 0.15) is 32.8 Å². The molecule has 5 heteroatoms. The quantitative estimate of drug-likeness (QED) is 0.281. The van der Waals surface area contributed by atoms with E-state index in [-0.39, 0.29) is 0 Å². The molecule has 0 atom stereocenters. The largest absolute Gasteiger partial charge is 0.497 e. The summed E-state index contributed by atoms with van der Waals surface area (Å²) < 4.78 is 5.26. The number of pyridine rings is 1. The van der Waals surface area contributed by atoms with Crippen LogP contribution in [0.5, 0.6) is 5.75 Å². The van der Waals surface area contributed by atoms with Crippen molar-refractivity contribution in [2.75, 3.05) is 31.3 Å². The summed E-state index contributed by atoms with van der Waals surface area (Å²) in [6, 6.07) is 26.7. The van der Waals surface area contributed by atoms with Gasteiger partial charge >= 0.3 is 0 Å². The Morgan fingerprint density at radius 3 is 2.35 bits per heavy atom. The van der Waals surface area contributed by atoms with Crippen molar-refractivity contribution in [3.63, 3.8) is 0 Å². The van der Waals surface area contributed by atoms with E-state index in [0.717, 1.165) is 33.4 Å². The highest BCUT2D eigenvalue weighted by Crippen LogP contribution is 2.32. The van der Waals surface area contributed by atoms with Crippen molar-refractivity contribution < 1.29 is 4.74 Å². The van der Waals surface area contributed by atoms with Gasteiger partial charge in [0.1, 0.15) is 16.6 Å². The lowest BCUT2D eigenvalue weighted by molar-refractivity contribution is 0.413. The molecule has 0 spiro atoms. The van der Waals surface area contributed by atoms with Crippen molar-refractivity contribution in [1.29, 1.82) is 0 Å². The van der Waals surface area contributed by atoms with Crippen molar-refractivity contribution in [3.05, 3.63) is 84.4 Å². The number of aryl methyl sites for hydroxylation is 1.